The van der Waals surface area contributed by atoms with Gasteiger partial charge in [0.05, 0.1) is 0 Å². The number of aryl methyl sites for hydroxylation is 1. The average Bonchev–Trinajstić information content (AvgIpc) is 2.89. The van der Waals surface area contributed by atoms with E-state index < -0.39 is 8.32 Å². The van der Waals surface area contributed by atoms with Gasteiger partial charge in [0, 0.05) is 27.8 Å². The smallest absolute Gasteiger partial charge is 0.231 e. The van der Waals surface area contributed by atoms with Gasteiger partial charge in [-0.05, 0) is 55.3 Å². The molecule has 0 radical (unpaired) electrons. The van der Waals surface area contributed by atoms with Crippen LogP contribution in [-0.4, -0.2) is 17.7 Å². The quantitative estimate of drug-likeness (QED) is 0.422. The maximum atomic E-state index is 11.1. The van der Waals surface area contributed by atoms with E-state index >= 15 is 0 Å². The number of nitrogens with zero attached hydrogens (tertiary/aromatic N) is 1. The summed E-state index contributed by atoms with van der Waals surface area (Å²) in [4.78, 5) is 11.1. The molecule has 4 heteroatoms. The predicted octanol–water partition coefficient (Wildman–Crippen LogP) is 5.48. The maximum Gasteiger partial charge on any atom is 0.231 e. The van der Waals surface area contributed by atoms with E-state index in [1.807, 2.05) is 25.2 Å². The van der Waals surface area contributed by atoms with Gasteiger partial charge in [-0.2, -0.15) is 0 Å². The molecule has 26 heavy (non-hydrogen) atoms. The molecule has 1 N–H and O–H groups in total. The molecule has 0 saturated carbocycles. The second kappa shape index (κ2) is 7.99. The van der Waals surface area contributed by atoms with Gasteiger partial charge in [0.15, 0.2) is 0 Å². The van der Waals surface area contributed by atoms with Gasteiger partial charge in [-0.25, -0.2) is 0 Å². The minimum Gasteiger partial charge on any atom is -0.427 e. The second-order valence-corrected chi connectivity index (χ2v) is 11.6. The number of benzene rings is 2. The molecule has 3 rings (SSSR count). The normalized spacial score (nSPS) is 12.0. The summed E-state index contributed by atoms with van der Waals surface area (Å²) in [6, 6.07) is 16.6. The highest BCUT2D eigenvalue weighted by atomic mass is 35.5. The van der Waals surface area contributed by atoms with Crippen LogP contribution in [0.2, 0.25) is 18.1 Å². The first-order chi connectivity index (χ1) is 12.4. The molecule has 1 aromatic heterocycles. The first-order valence-corrected chi connectivity index (χ1v) is 12.8. The minimum atomic E-state index is -2.52. The Labute approximate surface area is 162 Å². The van der Waals surface area contributed by atoms with E-state index in [2.05, 4.69) is 47.9 Å². The number of rotatable bonds is 7. The molecule has 1 heterocycles. The molecule has 2 nitrogen and oxygen atoms in total. The molecule has 0 aliphatic rings. The molecule has 138 valence electrons. The molecular weight excluding hydrogens is 358 g/mol. The van der Waals surface area contributed by atoms with E-state index in [0.29, 0.717) is 0 Å². The SMILES string of the molecule is CCCCCc1c([Si](C)(C)O)n(Cc2ccccc2)c2ccc(Cl)cc12. The van der Waals surface area contributed by atoms with Crippen LogP contribution >= 0.6 is 11.6 Å². The fourth-order valence-corrected chi connectivity index (χ4v) is 5.86. The highest BCUT2D eigenvalue weighted by molar-refractivity contribution is 6.83. The molecular formula is C22H28ClNOSi. The Morgan fingerprint density at radius 2 is 1.77 bits per heavy atom. The first-order valence-electron chi connectivity index (χ1n) is 9.49. The Balaban J connectivity index is 2.20. The Morgan fingerprint density at radius 3 is 2.42 bits per heavy atom. The van der Waals surface area contributed by atoms with Crippen molar-refractivity contribution < 1.29 is 4.80 Å². The van der Waals surface area contributed by atoms with Gasteiger partial charge in [0.1, 0.15) is 0 Å². The predicted molar refractivity (Wildman–Crippen MR) is 115 cm³/mol. The largest absolute Gasteiger partial charge is 0.427 e. The van der Waals surface area contributed by atoms with Crippen molar-refractivity contribution in [3.63, 3.8) is 0 Å². The van der Waals surface area contributed by atoms with Gasteiger partial charge in [-0.1, -0.05) is 61.7 Å². The van der Waals surface area contributed by atoms with Gasteiger partial charge in [0.2, 0.25) is 8.32 Å². The van der Waals surface area contributed by atoms with Crippen LogP contribution in [0.1, 0.15) is 37.3 Å². The minimum absolute atomic E-state index is 0.759. The van der Waals surface area contributed by atoms with Crippen molar-refractivity contribution >= 4 is 36.1 Å². The van der Waals surface area contributed by atoms with Crippen LogP contribution in [0.4, 0.5) is 0 Å². The van der Waals surface area contributed by atoms with Crippen molar-refractivity contribution in [2.45, 2.75) is 52.2 Å². The zero-order chi connectivity index (χ0) is 18.7. The lowest BCUT2D eigenvalue weighted by molar-refractivity contribution is 0.563. The summed E-state index contributed by atoms with van der Waals surface area (Å²) in [6.45, 7) is 7.04. The summed E-state index contributed by atoms with van der Waals surface area (Å²) in [5, 5.41) is 3.11. The first kappa shape index (κ1) is 19.2. The highest BCUT2D eigenvalue weighted by Crippen LogP contribution is 2.28. The lowest BCUT2D eigenvalue weighted by Gasteiger charge is -2.21. The number of halogens is 1. The summed E-state index contributed by atoms with van der Waals surface area (Å²) >= 11 is 6.33. The van der Waals surface area contributed by atoms with Crippen molar-refractivity contribution in [2.24, 2.45) is 0 Å². The van der Waals surface area contributed by atoms with E-state index in [1.54, 1.807) is 0 Å². The Morgan fingerprint density at radius 1 is 1.04 bits per heavy atom. The highest BCUT2D eigenvalue weighted by Gasteiger charge is 2.30. The number of fused-ring (bicyclic) bond motifs is 1. The Hall–Kier alpha value is -1.55. The summed E-state index contributed by atoms with van der Waals surface area (Å²) in [5.74, 6) is 0. The summed E-state index contributed by atoms with van der Waals surface area (Å²) < 4.78 is 2.33. The molecule has 0 aliphatic heterocycles. The topological polar surface area (TPSA) is 25.2 Å². The number of hydrogen-bond donors (Lipinski definition) is 1. The second-order valence-electron chi connectivity index (χ2n) is 7.58. The number of hydrogen-bond acceptors (Lipinski definition) is 1. The van der Waals surface area contributed by atoms with Crippen LogP contribution in [0.25, 0.3) is 10.9 Å². The lowest BCUT2D eigenvalue weighted by atomic mass is 10.1. The monoisotopic (exact) mass is 385 g/mol. The average molecular weight is 386 g/mol. The molecule has 0 unspecified atom stereocenters. The van der Waals surface area contributed by atoms with Gasteiger partial charge in [-0.15, -0.1) is 0 Å². The summed E-state index contributed by atoms with van der Waals surface area (Å²) in [6.07, 6.45) is 4.54. The van der Waals surface area contributed by atoms with Crippen LogP contribution in [-0.2, 0) is 13.0 Å². The maximum absolute atomic E-state index is 11.1. The van der Waals surface area contributed by atoms with Crippen molar-refractivity contribution in [3.05, 3.63) is 64.7 Å². The number of aromatic nitrogens is 1. The molecule has 0 atom stereocenters. The van der Waals surface area contributed by atoms with Gasteiger partial charge in [-0.3, -0.25) is 0 Å². The summed E-state index contributed by atoms with van der Waals surface area (Å²) in [7, 11) is -2.52. The van der Waals surface area contributed by atoms with Crippen LogP contribution in [0, 0.1) is 0 Å². The molecule has 0 spiro atoms. The fraction of sp³-hybridized carbons (Fsp3) is 0.364. The van der Waals surface area contributed by atoms with Gasteiger partial charge >= 0.3 is 0 Å². The third-order valence-electron chi connectivity index (χ3n) is 4.92. The zero-order valence-electron chi connectivity index (χ0n) is 15.9. The molecule has 0 fully saturated rings. The van der Waals surface area contributed by atoms with E-state index in [-0.39, 0.29) is 0 Å². The van der Waals surface area contributed by atoms with Crippen LogP contribution in [0.5, 0.6) is 0 Å². The van der Waals surface area contributed by atoms with Crippen LogP contribution in [0.3, 0.4) is 0 Å². The molecule has 0 saturated heterocycles. The molecule has 2 aromatic carbocycles. The zero-order valence-corrected chi connectivity index (χ0v) is 17.7. The van der Waals surface area contributed by atoms with Crippen molar-refractivity contribution in [1.29, 1.82) is 0 Å². The fourth-order valence-electron chi connectivity index (χ4n) is 3.83. The van der Waals surface area contributed by atoms with Gasteiger partial charge in [0.25, 0.3) is 0 Å². The van der Waals surface area contributed by atoms with E-state index in [1.165, 1.54) is 34.9 Å². The molecule has 3 aromatic rings. The van der Waals surface area contributed by atoms with Crippen molar-refractivity contribution in [2.75, 3.05) is 0 Å². The van der Waals surface area contributed by atoms with E-state index in [0.717, 1.165) is 29.7 Å². The lowest BCUT2D eigenvalue weighted by Crippen LogP contribution is -2.48. The van der Waals surface area contributed by atoms with E-state index in [9.17, 15) is 4.80 Å². The Bertz CT molecular complexity index is 881. The molecule has 0 bridgehead atoms. The van der Waals surface area contributed by atoms with Gasteiger partial charge < -0.3 is 9.36 Å². The van der Waals surface area contributed by atoms with Crippen LogP contribution < -0.4 is 5.32 Å². The van der Waals surface area contributed by atoms with Crippen molar-refractivity contribution in [3.8, 4) is 0 Å². The Kier molecular flexibility index (Phi) is 5.91. The van der Waals surface area contributed by atoms with E-state index in [4.69, 9.17) is 11.6 Å². The number of unbranched alkanes of at least 4 members (excludes halogenated alkanes) is 2. The standard InChI is InChI=1S/C22H28ClNOSi/c1-4-5-7-12-19-20-15-18(23)13-14-21(20)24(22(19)26(2,3)25)16-17-10-8-6-9-11-17/h6,8-11,13-15,25H,4-5,7,12,16H2,1-3H3. The van der Waals surface area contributed by atoms with Crippen molar-refractivity contribution in [1.82, 2.24) is 4.57 Å². The van der Waals surface area contributed by atoms with Crippen LogP contribution in [0.15, 0.2) is 48.5 Å². The molecule has 0 aliphatic carbocycles. The third kappa shape index (κ3) is 4.06. The molecule has 0 amide bonds. The third-order valence-corrected chi connectivity index (χ3v) is 6.89. The summed E-state index contributed by atoms with van der Waals surface area (Å²) in [5.41, 5.74) is 3.72.